The van der Waals surface area contributed by atoms with Crippen LogP contribution in [-0.4, -0.2) is 49.3 Å². The van der Waals surface area contributed by atoms with Crippen LogP contribution in [0.3, 0.4) is 0 Å². The maximum atomic E-state index is 12.2. The molecule has 4 aromatic rings. The molecule has 10 heteroatoms. The Morgan fingerprint density at radius 1 is 1.17 bits per heavy atom. The summed E-state index contributed by atoms with van der Waals surface area (Å²) in [6.07, 6.45) is 1.73. The Labute approximate surface area is 172 Å². The highest BCUT2D eigenvalue weighted by Gasteiger charge is 2.20. The topological polar surface area (TPSA) is 123 Å². The maximum Gasteiger partial charge on any atom is 0.251 e. The standard InChI is InChI=1S/C20H22N8O2/c1-3-28-18(14-9-10-22-27-14)24-16-17(23-15(29)12-30-2)25-20(26-19(16)28)21-11-13-7-5-4-6-8-13/h4-10H,3,11-12H2,1-2H3,(H,22,27)(H2,21,23,25,26,29). The Morgan fingerprint density at radius 2 is 2.00 bits per heavy atom. The number of hydrogen-bond donors (Lipinski definition) is 3. The van der Waals surface area contributed by atoms with Crippen molar-refractivity contribution in [3.63, 3.8) is 0 Å². The molecule has 0 radical (unpaired) electrons. The third kappa shape index (κ3) is 3.98. The Kier molecular flexibility index (Phi) is 5.66. The molecule has 154 valence electrons. The average molecular weight is 406 g/mol. The first-order valence-corrected chi connectivity index (χ1v) is 9.54. The molecule has 30 heavy (non-hydrogen) atoms. The van der Waals surface area contributed by atoms with Crippen molar-refractivity contribution in [1.82, 2.24) is 29.7 Å². The van der Waals surface area contributed by atoms with Gasteiger partial charge in [-0.3, -0.25) is 9.89 Å². The number of rotatable bonds is 8. The van der Waals surface area contributed by atoms with Crippen LogP contribution in [0.5, 0.6) is 0 Å². The van der Waals surface area contributed by atoms with Gasteiger partial charge in [-0.15, -0.1) is 0 Å². The molecule has 1 amide bonds. The van der Waals surface area contributed by atoms with Gasteiger partial charge in [0.1, 0.15) is 12.3 Å². The molecule has 0 saturated heterocycles. The van der Waals surface area contributed by atoms with Crippen molar-refractivity contribution in [1.29, 1.82) is 0 Å². The molecule has 10 nitrogen and oxygen atoms in total. The molecular formula is C20H22N8O2. The number of aromatic amines is 1. The first-order valence-electron chi connectivity index (χ1n) is 9.54. The van der Waals surface area contributed by atoms with Crippen molar-refractivity contribution < 1.29 is 9.53 Å². The van der Waals surface area contributed by atoms with E-state index in [0.29, 0.717) is 47.5 Å². The summed E-state index contributed by atoms with van der Waals surface area (Å²) >= 11 is 0. The SMILES string of the molecule is CCn1c(-c2cc[nH]n2)nc2c(NC(=O)COC)nc(NCc3ccccc3)nc21. The van der Waals surface area contributed by atoms with Gasteiger partial charge in [-0.2, -0.15) is 15.1 Å². The zero-order valence-electron chi connectivity index (χ0n) is 16.7. The van der Waals surface area contributed by atoms with Crippen molar-refractivity contribution in [3.05, 3.63) is 48.2 Å². The Balaban J connectivity index is 1.77. The largest absolute Gasteiger partial charge is 0.375 e. The Morgan fingerprint density at radius 3 is 2.70 bits per heavy atom. The molecule has 0 unspecified atom stereocenters. The van der Waals surface area contributed by atoms with E-state index < -0.39 is 0 Å². The molecule has 0 saturated carbocycles. The molecule has 4 rings (SSSR count). The predicted octanol–water partition coefficient (Wildman–Crippen LogP) is 2.43. The number of anilines is 2. The zero-order chi connectivity index (χ0) is 20.9. The Bertz CT molecular complexity index is 1140. The third-order valence-corrected chi connectivity index (χ3v) is 4.47. The van der Waals surface area contributed by atoms with E-state index in [-0.39, 0.29) is 12.5 Å². The predicted molar refractivity (Wildman–Crippen MR) is 113 cm³/mol. The lowest BCUT2D eigenvalue weighted by Crippen LogP contribution is -2.19. The van der Waals surface area contributed by atoms with Gasteiger partial charge in [0.15, 0.2) is 22.8 Å². The van der Waals surface area contributed by atoms with Crippen molar-refractivity contribution >= 4 is 28.8 Å². The van der Waals surface area contributed by atoms with Crippen molar-refractivity contribution in [2.24, 2.45) is 0 Å². The summed E-state index contributed by atoms with van der Waals surface area (Å²) in [5.41, 5.74) is 2.87. The number of nitrogens with zero attached hydrogens (tertiary/aromatic N) is 5. The Hall–Kier alpha value is -3.79. The highest BCUT2D eigenvalue weighted by molar-refractivity contribution is 5.98. The summed E-state index contributed by atoms with van der Waals surface area (Å²) < 4.78 is 6.86. The number of fused-ring (bicyclic) bond motifs is 1. The van der Waals surface area contributed by atoms with Crippen molar-refractivity contribution in [3.8, 4) is 11.5 Å². The molecule has 1 aromatic carbocycles. The highest BCUT2D eigenvalue weighted by Crippen LogP contribution is 2.27. The quantitative estimate of drug-likeness (QED) is 0.411. The first kappa shape index (κ1) is 19.5. The van der Waals surface area contributed by atoms with Crippen LogP contribution in [0.2, 0.25) is 0 Å². The van der Waals surface area contributed by atoms with E-state index in [0.717, 1.165) is 5.56 Å². The molecule has 3 N–H and O–H groups in total. The molecule has 0 aliphatic carbocycles. The van der Waals surface area contributed by atoms with Crippen LogP contribution in [0, 0.1) is 0 Å². The number of carbonyl (C=O) groups excluding carboxylic acids is 1. The molecular weight excluding hydrogens is 384 g/mol. The average Bonchev–Trinajstić information content (AvgIpc) is 3.41. The summed E-state index contributed by atoms with van der Waals surface area (Å²) in [6, 6.07) is 11.8. The normalized spacial score (nSPS) is 11.0. The maximum absolute atomic E-state index is 12.2. The zero-order valence-corrected chi connectivity index (χ0v) is 16.7. The van der Waals surface area contributed by atoms with Gasteiger partial charge in [-0.25, -0.2) is 4.98 Å². The van der Waals surface area contributed by atoms with Crippen LogP contribution >= 0.6 is 0 Å². The number of methoxy groups -OCH3 is 1. The number of aryl methyl sites for hydroxylation is 1. The summed E-state index contributed by atoms with van der Waals surface area (Å²) in [6.45, 7) is 3.09. The minimum absolute atomic E-state index is 0.0843. The van der Waals surface area contributed by atoms with Crippen LogP contribution in [0.1, 0.15) is 12.5 Å². The van der Waals surface area contributed by atoms with E-state index in [1.807, 2.05) is 47.9 Å². The molecule has 3 heterocycles. The third-order valence-electron chi connectivity index (χ3n) is 4.47. The smallest absolute Gasteiger partial charge is 0.251 e. The number of imidazole rings is 1. The summed E-state index contributed by atoms with van der Waals surface area (Å²) in [5.74, 6) is 1.04. The van der Waals surface area contributed by atoms with E-state index in [1.54, 1.807) is 6.20 Å². The molecule has 0 fully saturated rings. The van der Waals surface area contributed by atoms with Gasteiger partial charge in [-0.1, -0.05) is 30.3 Å². The molecule has 0 aliphatic rings. The number of H-pyrrole nitrogens is 1. The number of ether oxygens (including phenoxy) is 1. The van der Waals surface area contributed by atoms with Gasteiger partial charge in [0.2, 0.25) is 5.95 Å². The fourth-order valence-electron chi connectivity index (χ4n) is 3.12. The minimum atomic E-state index is -0.320. The van der Waals surface area contributed by atoms with Crippen molar-refractivity contribution in [2.45, 2.75) is 20.0 Å². The highest BCUT2D eigenvalue weighted by atomic mass is 16.5. The second-order valence-electron chi connectivity index (χ2n) is 6.53. The second-order valence-corrected chi connectivity index (χ2v) is 6.53. The van der Waals surface area contributed by atoms with Gasteiger partial charge < -0.3 is 19.9 Å². The summed E-state index contributed by atoms with van der Waals surface area (Å²) in [7, 11) is 1.46. The number of amides is 1. The van der Waals surface area contributed by atoms with Gasteiger partial charge in [0.25, 0.3) is 5.91 Å². The molecule has 3 aromatic heterocycles. The summed E-state index contributed by atoms with van der Waals surface area (Å²) in [5, 5.41) is 13.0. The van der Waals surface area contributed by atoms with Gasteiger partial charge in [0, 0.05) is 26.4 Å². The molecule has 0 aliphatic heterocycles. The van der Waals surface area contributed by atoms with E-state index in [4.69, 9.17) is 4.74 Å². The molecule has 0 atom stereocenters. The second kappa shape index (κ2) is 8.70. The van der Waals surface area contributed by atoms with Crippen LogP contribution in [-0.2, 0) is 22.6 Å². The van der Waals surface area contributed by atoms with E-state index in [9.17, 15) is 4.79 Å². The lowest BCUT2D eigenvalue weighted by Gasteiger charge is -2.10. The fourth-order valence-corrected chi connectivity index (χ4v) is 3.12. The first-order chi connectivity index (χ1) is 14.7. The number of benzene rings is 1. The monoisotopic (exact) mass is 406 g/mol. The molecule has 0 bridgehead atoms. The van der Waals surface area contributed by atoms with Gasteiger partial charge >= 0.3 is 0 Å². The number of hydrogen-bond acceptors (Lipinski definition) is 7. The number of aromatic nitrogens is 6. The molecule has 0 spiro atoms. The van der Waals surface area contributed by atoms with E-state index in [1.165, 1.54) is 7.11 Å². The van der Waals surface area contributed by atoms with Crippen LogP contribution < -0.4 is 10.6 Å². The fraction of sp³-hybridized carbons (Fsp3) is 0.250. The van der Waals surface area contributed by atoms with E-state index in [2.05, 4.69) is 35.8 Å². The van der Waals surface area contributed by atoms with Crippen LogP contribution in [0.4, 0.5) is 11.8 Å². The lowest BCUT2D eigenvalue weighted by molar-refractivity contribution is -0.119. The van der Waals surface area contributed by atoms with Crippen molar-refractivity contribution in [2.75, 3.05) is 24.4 Å². The lowest BCUT2D eigenvalue weighted by atomic mass is 10.2. The summed E-state index contributed by atoms with van der Waals surface area (Å²) in [4.78, 5) is 26.0. The minimum Gasteiger partial charge on any atom is -0.375 e. The van der Waals surface area contributed by atoms with E-state index >= 15 is 0 Å². The number of nitrogens with one attached hydrogen (secondary N) is 3. The number of carbonyl (C=O) groups is 1. The van der Waals surface area contributed by atoms with Gasteiger partial charge in [-0.05, 0) is 18.6 Å². The van der Waals surface area contributed by atoms with Crippen LogP contribution in [0.25, 0.3) is 22.7 Å². The van der Waals surface area contributed by atoms with Crippen LogP contribution in [0.15, 0.2) is 42.6 Å². The van der Waals surface area contributed by atoms with Gasteiger partial charge in [0.05, 0.1) is 0 Å².